The highest BCUT2D eigenvalue weighted by Crippen LogP contribution is 2.60. The molecule has 0 radical (unpaired) electrons. The van der Waals surface area contributed by atoms with Crippen molar-refractivity contribution in [2.75, 3.05) is 11.9 Å². The number of nitrogens with zero attached hydrogens (tertiary/aromatic N) is 3. The standard InChI is InChI=1S/C20H22N4OS/c1-2-15-10-17(25)24-19(22-15)26-18(23-24)21-12-14-11-20(14)9-5-7-13-6-3-4-8-16(13)20/h3-4,6,8,10,14H,2,5,7,9,11-12H2,1H3,(H,21,23). The summed E-state index contributed by atoms with van der Waals surface area (Å²) in [4.78, 5) is 17.3. The van der Waals surface area contributed by atoms with Crippen LogP contribution in [0, 0.1) is 5.92 Å². The number of nitrogens with one attached hydrogen (secondary N) is 1. The molecular formula is C20H22N4OS. The first kappa shape index (κ1) is 16.0. The van der Waals surface area contributed by atoms with Gasteiger partial charge in [0.05, 0.1) is 0 Å². The van der Waals surface area contributed by atoms with E-state index < -0.39 is 0 Å². The van der Waals surface area contributed by atoms with Gasteiger partial charge in [0, 0.05) is 23.7 Å². The van der Waals surface area contributed by atoms with E-state index in [1.165, 1.54) is 47.1 Å². The zero-order chi connectivity index (χ0) is 17.7. The van der Waals surface area contributed by atoms with Crippen molar-refractivity contribution in [3.8, 4) is 0 Å². The molecule has 0 saturated heterocycles. The lowest BCUT2D eigenvalue weighted by atomic mass is 9.79. The summed E-state index contributed by atoms with van der Waals surface area (Å²) in [5.41, 5.74) is 4.19. The second kappa shape index (κ2) is 5.91. The Morgan fingerprint density at radius 3 is 3.15 bits per heavy atom. The Morgan fingerprint density at radius 2 is 2.27 bits per heavy atom. The molecule has 3 aromatic rings. The smallest absolute Gasteiger partial charge is 0.275 e. The number of rotatable bonds is 4. The highest BCUT2D eigenvalue weighted by Gasteiger charge is 2.56. The number of benzene rings is 1. The number of anilines is 1. The predicted octanol–water partition coefficient (Wildman–Crippen LogP) is 3.42. The minimum atomic E-state index is -0.0970. The molecule has 5 nitrogen and oxygen atoms in total. The van der Waals surface area contributed by atoms with Crippen LogP contribution in [0.2, 0.25) is 0 Å². The van der Waals surface area contributed by atoms with E-state index in [1.54, 1.807) is 11.6 Å². The van der Waals surface area contributed by atoms with Gasteiger partial charge in [0.1, 0.15) is 0 Å². The molecule has 1 fully saturated rings. The molecule has 134 valence electrons. The molecule has 2 aliphatic carbocycles. The van der Waals surface area contributed by atoms with Crippen LogP contribution in [0.15, 0.2) is 35.1 Å². The number of hydrogen-bond acceptors (Lipinski definition) is 5. The van der Waals surface area contributed by atoms with Crippen molar-refractivity contribution in [2.24, 2.45) is 5.92 Å². The van der Waals surface area contributed by atoms with Crippen molar-refractivity contribution in [3.63, 3.8) is 0 Å². The van der Waals surface area contributed by atoms with E-state index in [9.17, 15) is 4.79 Å². The molecule has 1 saturated carbocycles. The zero-order valence-corrected chi connectivity index (χ0v) is 15.7. The zero-order valence-electron chi connectivity index (χ0n) is 14.9. The summed E-state index contributed by atoms with van der Waals surface area (Å²) in [5, 5.41) is 8.67. The van der Waals surface area contributed by atoms with Gasteiger partial charge >= 0.3 is 0 Å². The van der Waals surface area contributed by atoms with Crippen LogP contribution >= 0.6 is 11.3 Å². The quantitative estimate of drug-likeness (QED) is 0.769. The lowest BCUT2D eigenvalue weighted by Gasteiger charge is -2.26. The Balaban J connectivity index is 1.35. The molecule has 2 heterocycles. The summed E-state index contributed by atoms with van der Waals surface area (Å²) < 4.78 is 1.41. The van der Waals surface area contributed by atoms with E-state index in [4.69, 9.17) is 0 Å². The molecule has 6 heteroatoms. The maximum atomic E-state index is 12.1. The van der Waals surface area contributed by atoms with E-state index in [0.29, 0.717) is 16.3 Å². The van der Waals surface area contributed by atoms with Gasteiger partial charge in [-0.05, 0) is 49.1 Å². The number of aromatic nitrogens is 3. The van der Waals surface area contributed by atoms with E-state index in [0.717, 1.165) is 23.8 Å². The van der Waals surface area contributed by atoms with Crippen LogP contribution in [-0.4, -0.2) is 21.1 Å². The SMILES string of the molecule is CCc1cc(=O)n2nc(NCC3CC34CCCc3ccccc34)sc2n1. The molecule has 2 atom stereocenters. The van der Waals surface area contributed by atoms with Crippen LogP contribution in [-0.2, 0) is 18.3 Å². The van der Waals surface area contributed by atoms with Gasteiger partial charge in [-0.2, -0.15) is 4.52 Å². The highest BCUT2D eigenvalue weighted by atomic mass is 32.1. The van der Waals surface area contributed by atoms with Crippen molar-refractivity contribution in [1.82, 2.24) is 14.6 Å². The fourth-order valence-corrected chi connectivity index (χ4v) is 5.39. The van der Waals surface area contributed by atoms with Crippen molar-refractivity contribution < 1.29 is 0 Å². The molecule has 0 bridgehead atoms. The van der Waals surface area contributed by atoms with Crippen molar-refractivity contribution >= 4 is 21.4 Å². The largest absolute Gasteiger partial charge is 0.360 e. The van der Waals surface area contributed by atoms with Crippen molar-refractivity contribution in [1.29, 1.82) is 0 Å². The Kier molecular flexibility index (Phi) is 3.64. The number of fused-ring (bicyclic) bond motifs is 3. The molecule has 0 aliphatic heterocycles. The lowest BCUT2D eigenvalue weighted by molar-refractivity contribution is 0.503. The van der Waals surface area contributed by atoms with E-state index >= 15 is 0 Å². The summed E-state index contributed by atoms with van der Waals surface area (Å²) in [5.74, 6) is 0.645. The third-order valence-corrected chi connectivity index (χ3v) is 6.88. The van der Waals surface area contributed by atoms with E-state index in [1.807, 2.05) is 6.92 Å². The molecule has 26 heavy (non-hydrogen) atoms. The molecular weight excluding hydrogens is 344 g/mol. The average Bonchev–Trinajstić information content (AvgIpc) is 3.17. The summed E-state index contributed by atoms with van der Waals surface area (Å²) in [7, 11) is 0. The normalized spacial score (nSPS) is 24.0. The van der Waals surface area contributed by atoms with Crippen LogP contribution < -0.4 is 10.9 Å². The molecule has 1 N–H and O–H groups in total. The Hall–Kier alpha value is -2.21. The number of aryl methyl sites for hydroxylation is 2. The van der Waals surface area contributed by atoms with Crippen LogP contribution in [0.25, 0.3) is 4.96 Å². The summed E-state index contributed by atoms with van der Waals surface area (Å²) in [6.45, 7) is 2.91. The third kappa shape index (κ3) is 2.47. The van der Waals surface area contributed by atoms with Gasteiger partial charge in [-0.25, -0.2) is 4.98 Å². The maximum Gasteiger partial charge on any atom is 0.275 e. The van der Waals surface area contributed by atoms with E-state index in [2.05, 4.69) is 39.7 Å². The molecule has 1 spiro atoms. The van der Waals surface area contributed by atoms with Gasteiger partial charge in [0.25, 0.3) is 5.56 Å². The highest BCUT2D eigenvalue weighted by molar-refractivity contribution is 7.20. The summed E-state index contributed by atoms with van der Waals surface area (Å²) in [6, 6.07) is 10.5. The van der Waals surface area contributed by atoms with E-state index in [-0.39, 0.29) is 5.56 Å². The Bertz CT molecular complexity index is 1040. The van der Waals surface area contributed by atoms with Crippen molar-refractivity contribution in [3.05, 3.63) is 57.5 Å². The topological polar surface area (TPSA) is 59.3 Å². The molecule has 5 rings (SSSR count). The number of hydrogen-bond donors (Lipinski definition) is 1. The molecule has 0 amide bonds. The second-order valence-corrected chi connectivity index (χ2v) is 8.45. The molecule has 2 aliphatic rings. The van der Waals surface area contributed by atoms with Crippen LogP contribution in [0.4, 0.5) is 5.13 Å². The van der Waals surface area contributed by atoms with Crippen LogP contribution in [0.1, 0.15) is 43.0 Å². The van der Waals surface area contributed by atoms with Crippen molar-refractivity contribution in [2.45, 2.75) is 44.4 Å². The first-order chi connectivity index (χ1) is 12.7. The van der Waals surface area contributed by atoms with Crippen LogP contribution in [0.3, 0.4) is 0 Å². The second-order valence-electron chi connectivity index (χ2n) is 7.49. The average molecular weight is 366 g/mol. The Labute approximate surface area is 156 Å². The molecule has 1 aromatic carbocycles. The van der Waals surface area contributed by atoms with Gasteiger partial charge < -0.3 is 5.32 Å². The van der Waals surface area contributed by atoms with Gasteiger partial charge in [0.15, 0.2) is 0 Å². The summed E-state index contributed by atoms with van der Waals surface area (Å²) >= 11 is 1.46. The molecule has 2 unspecified atom stereocenters. The minimum Gasteiger partial charge on any atom is -0.360 e. The predicted molar refractivity (Wildman–Crippen MR) is 104 cm³/mol. The maximum absolute atomic E-state index is 12.1. The van der Waals surface area contributed by atoms with Gasteiger partial charge in [-0.1, -0.05) is 42.5 Å². The van der Waals surface area contributed by atoms with Gasteiger partial charge in [0.2, 0.25) is 10.1 Å². The molecule has 2 aromatic heterocycles. The fraction of sp³-hybridized carbons (Fsp3) is 0.450. The van der Waals surface area contributed by atoms with Gasteiger partial charge in [-0.3, -0.25) is 4.79 Å². The lowest BCUT2D eigenvalue weighted by Crippen LogP contribution is -2.21. The van der Waals surface area contributed by atoms with Gasteiger partial charge in [-0.15, -0.1) is 5.10 Å². The first-order valence-electron chi connectivity index (χ1n) is 9.42. The fourth-order valence-electron chi connectivity index (χ4n) is 4.56. The third-order valence-electron chi connectivity index (χ3n) is 6.01. The summed E-state index contributed by atoms with van der Waals surface area (Å²) in [6.07, 6.45) is 5.80. The monoisotopic (exact) mass is 366 g/mol. The minimum absolute atomic E-state index is 0.0970. The Morgan fingerprint density at radius 1 is 1.38 bits per heavy atom. The van der Waals surface area contributed by atoms with Crippen LogP contribution in [0.5, 0.6) is 0 Å². The first-order valence-corrected chi connectivity index (χ1v) is 10.2.